The Morgan fingerprint density at radius 3 is 0.771 bits per heavy atom. The molecule has 0 aromatic rings. The molecule has 0 aliphatic rings. The van der Waals surface area contributed by atoms with Crippen LogP contribution in [0.15, 0.2) is 97.2 Å². The Hall–Kier alpha value is -3.67. The Morgan fingerprint density at radius 2 is 0.470 bits per heavy atom. The van der Waals surface area contributed by atoms with E-state index >= 15 is 0 Å². The van der Waals surface area contributed by atoms with Crippen LogP contribution in [0.5, 0.6) is 0 Å². The molecular formula is C77H134O6. The topological polar surface area (TPSA) is 78.9 Å². The maximum Gasteiger partial charge on any atom is 0.306 e. The zero-order valence-electron chi connectivity index (χ0n) is 54.9. The summed E-state index contributed by atoms with van der Waals surface area (Å²) in [6.45, 7) is 6.49. The van der Waals surface area contributed by atoms with Crippen LogP contribution < -0.4 is 0 Å². The molecule has 0 aliphatic carbocycles. The number of ether oxygens (including phenoxy) is 3. The lowest BCUT2D eigenvalue weighted by Crippen LogP contribution is -2.30. The van der Waals surface area contributed by atoms with Crippen molar-refractivity contribution < 1.29 is 28.6 Å². The molecule has 0 N–H and O–H groups in total. The van der Waals surface area contributed by atoms with Crippen LogP contribution in [0.4, 0.5) is 0 Å². The number of unbranched alkanes of at least 4 members (excludes halogenated alkanes) is 38. The maximum atomic E-state index is 12.9. The zero-order chi connectivity index (χ0) is 59.9. The van der Waals surface area contributed by atoms with Gasteiger partial charge in [0.25, 0.3) is 0 Å². The van der Waals surface area contributed by atoms with E-state index in [0.29, 0.717) is 19.3 Å². The highest BCUT2D eigenvalue weighted by Crippen LogP contribution is 2.17. The Morgan fingerprint density at radius 1 is 0.253 bits per heavy atom. The van der Waals surface area contributed by atoms with Crippen molar-refractivity contribution in [2.75, 3.05) is 13.2 Å². The third-order valence-electron chi connectivity index (χ3n) is 15.5. The van der Waals surface area contributed by atoms with Gasteiger partial charge in [-0.2, -0.15) is 0 Å². The highest BCUT2D eigenvalue weighted by atomic mass is 16.6. The van der Waals surface area contributed by atoms with E-state index in [1.807, 2.05) is 0 Å². The van der Waals surface area contributed by atoms with Crippen LogP contribution >= 0.6 is 0 Å². The first-order valence-corrected chi connectivity index (χ1v) is 35.7. The van der Waals surface area contributed by atoms with E-state index in [1.165, 1.54) is 199 Å². The monoisotopic (exact) mass is 1160 g/mol. The molecule has 1 unspecified atom stereocenters. The molecule has 0 bridgehead atoms. The van der Waals surface area contributed by atoms with Gasteiger partial charge in [0, 0.05) is 19.3 Å². The van der Waals surface area contributed by atoms with Crippen molar-refractivity contribution in [3.05, 3.63) is 97.2 Å². The van der Waals surface area contributed by atoms with Crippen molar-refractivity contribution >= 4 is 17.9 Å². The predicted octanol–water partition coefficient (Wildman–Crippen LogP) is 24.8. The summed E-state index contributed by atoms with van der Waals surface area (Å²) < 4.78 is 16.9. The maximum absolute atomic E-state index is 12.9. The lowest BCUT2D eigenvalue weighted by atomic mass is 10.0. The molecule has 0 rings (SSSR count). The Bertz CT molecular complexity index is 1610. The van der Waals surface area contributed by atoms with Crippen molar-refractivity contribution in [1.82, 2.24) is 0 Å². The number of esters is 3. The first-order valence-electron chi connectivity index (χ1n) is 35.7. The third-order valence-corrected chi connectivity index (χ3v) is 15.5. The van der Waals surface area contributed by atoms with Crippen molar-refractivity contribution in [3.8, 4) is 0 Å². The summed E-state index contributed by atoms with van der Waals surface area (Å²) in [5, 5.41) is 0. The van der Waals surface area contributed by atoms with Gasteiger partial charge in [-0.05, 0) is 122 Å². The Labute approximate surface area is 515 Å². The molecule has 0 aromatic carbocycles. The molecule has 0 amide bonds. The van der Waals surface area contributed by atoms with E-state index in [2.05, 4.69) is 118 Å². The molecule has 0 saturated heterocycles. The quantitative estimate of drug-likeness (QED) is 0.0261. The molecule has 0 aliphatic heterocycles. The summed E-state index contributed by atoms with van der Waals surface area (Å²) in [5.74, 6) is -0.919. The fourth-order valence-electron chi connectivity index (χ4n) is 10.2. The SMILES string of the molecule is CC/C=C\C/C=C\C/C=C\CCCCCC(=O)OCC(COC(=O)CCCCCCCCCCCCCCCCCCCCCCC/C=C\C/C=C\CCCCCCC)OC(=O)CCCCCCCC/C=C\C/C=C\C/C=C\CCCCC. The second-order valence-electron chi connectivity index (χ2n) is 23.8. The molecule has 0 aromatic heterocycles. The number of carbonyl (C=O) groups is 3. The largest absolute Gasteiger partial charge is 0.462 e. The van der Waals surface area contributed by atoms with E-state index in [4.69, 9.17) is 14.2 Å². The first-order chi connectivity index (χ1) is 41.0. The minimum atomic E-state index is -0.798. The van der Waals surface area contributed by atoms with Gasteiger partial charge in [-0.1, -0.05) is 311 Å². The molecular weight excluding hydrogens is 1020 g/mol. The van der Waals surface area contributed by atoms with Gasteiger partial charge >= 0.3 is 17.9 Å². The van der Waals surface area contributed by atoms with E-state index in [0.717, 1.165) is 116 Å². The number of hydrogen-bond acceptors (Lipinski definition) is 6. The molecule has 6 heteroatoms. The molecule has 0 spiro atoms. The number of carbonyl (C=O) groups excluding carboxylic acids is 3. The van der Waals surface area contributed by atoms with Crippen molar-refractivity contribution in [2.24, 2.45) is 0 Å². The summed E-state index contributed by atoms with van der Waals surface area (Å²) in [5.41, 5.74) is 0. The highest BCUT2D eigenvalue weighted by molar-refractivity contribution is 5.71. The fraction of sp³-hybridized carbons (Fsp3) is 0.753. The van der Waals surface area contributed by atoms with Gasteiger partial charge in [0.05, 0.1) is 0 Å². The summed E-state index contributed by atoms with van der Waals surface area (Å²) >= 11 is 0. The molecule has 0 radical (unpaired) electrons. The lowest BCUT2D eigenvalue weighted by molar-refractivity contribution is -0.167. The van der Waals surface area contributed by atoms with Gasteiger partial charge in [0.2, 0.25) is 0 Å². The van der Waals surface area contributed by atoms with E-state index < -0.39 is 6.10 Å². The Balaban J connectivity index is 4.19. The smallest absolute Gasteiger partial charge is 0.306 e. The highest BCUT2D eigenvalue weighted by Gasteiger charge is 2.19. The van der Waals surface area contributed by atoms with Crippen LogP contribution in [0.1, 0.15) is 355 Å². The second-order valence-corrected chi connectivity index (χ2v) is 23.8. The molecule has 83 heavy (non-hydrogen) atoms. The van der Waals surface area contributed by atoms with Crippen LogP contribution in [-0.4, -0.2) is 37.2 Å². The van der Waals surface area contributed by atoms with Crippen molar-refractivity contribution in [3.63, 3.8) is 0 Å². The normalized spacial score (nSPS) is 12.7. The predicted molar refractivity (Wildman–Crippen MR) is 362 cm³/mol. The van der Waals surface area contributed by atoms with Gasteiger partial charge in [0.15, 0.2) is 6.10 Å². The number of allylic oxidation sites excluding steroid dienone is 16. The second kappa shape index (κ2) is 70.8. The van der Waals surface area contributed by atoms with Crippen molar-refractivity contribution in [1.29, 1.82) is 0 Å². The minimum Gasteiger partial charge on any atom is -0.462 e. The van der Waals surface area contributed by atoms with Gasteiger partial charge < -0.3 is 14.2 Å². The minimum absolute atomic E-state index is 0.0900. The van der Waals surface area contributed by atoms with Crippen molar-refractivity contribution in [2.45, 2.75) is 361 Å². The molecule has 478 valence electrons. The third kappa shape index (κ3) is 69.0. The number of hydrogen-bond donors (Lipinski definition) is 0. The van der Waals surface area contributed by atoms with Crippen LogP contribution in [0.25, 0.3) is 0 Å². The molecule has 6 nitrogen and oxygen atoms in total. The Kier molecular flexibility index (Phi) is 67.7. The standard InChI is InChI=1S/C77H134O6/c1-4-7-10-13-16-19-22-25-27-29-31-32-33-34-35-36-37-38-39-40-41-42-43-44-46-47-49-52-55-58-61-64-67-70-76(79)82-73-74(72-81-75(78)69-66-63-60-57-54-51-24-21-18-15-12-9-6-3)83-77(80)71-68-65-62-59-56-53-50-48-45-30-28-26-23-20-17-14-11-8-5-2/h9,12,17-18,20-22,25-26,28-29,31,45,48,51,54,74H,4-8,10-11,13-16,19,23-24,27,30,32-44,46-47,49-50,52-53,55-73H2,1-3H3/b12-9-,20-17-,21-18-,25-22-,28-26-,31-29-,48-45-,54-51-. The summed E-state index contributed by atoms with van der Waals surface area (Å²) in [6.07, 6.45) is 96.0. The van der Waals surface area contributed by atoms with E-state index in [1.54, 1.807) is 0 Å². The average molecular weight is 1160 g/mol. The van der Waals surface area contributed by atoms with E-state index in [-0.39, 0.29) is 31.1 Å². The summed E-state index contributed by atoms with van der Waals surface area (Å²) in [4.78, 5) is 38.4. The van der Waals surface area contributed by atoms with Crippen LogP contribution in [0, 0.1) is 0 Å². The lowest BCUT2D eigenvalue weighted by Gasteiger charge is -2.18. The molecule has 0 heterocycles. The van der Waals surface area contributed by atoms with Gasteiger partial charge in [0.1, 0.15) is 13.2 Å². The van der Waals surface area contributed by atoms with Gasteiger partial charge in [-0.25, -0.2) is 0 Å². The summed E-state index contributed by atoms with van der Waals surface area (Å²) in [6, 6.07) is 0. The fourth-order valence-corrected chi connectivity index (χ4v) is 10.2. The van der Waals surface area contributed by atoms with Gasteiger partial charge in [-0.3, -0.25) is 14.4 Å². The number of rotatable bonds is 65. The zero-order valence-corrected chi connectivity index (χ0v) is 54.9. The van der Waals surface area contributed by atoms with Crippen LogP contribution in [-0.2, 0) is 28.6 Å². The summed E-state index contributed by atoms with van der Waals surface area (Å²) in [7, 11) is 0. The average Bonchev–Trinajstić information content (AvgIpc) is 3.49. The molecule has 1 atom stereocenters. The molecule has 0 fully saturated rings. The van der Waals surface area contributed by atoms with E-state index in [9.17, 15) is 14.4 Å². The van der Waals surface area contributed by atoms with Crippen LogP contribution in [0.3, 0.4) is 0 Å². The van der Waals surface area contributed by atoms with Gasteiger partial charge in [-0.15, -0.1) is 0 Å². The first kappa shape index (κ1) is 79.3. The van der Waals surface area contributed by atoms with Crippen LogP contribution in [0.2, 0.25) is 0 Å². The molecule has 0 saturated carbocycles.